The van der Waals surface area contributed by atoms with Crippen molar-refractivity contribution in [2.24, 2.45) is 5.92 Å². The van der Waals surface area contributed by atoms with Crippen LogP contribution in [0.2, 0.25) is 0 Å². The van der Waals surface area contributed by atoms with Crippen LogP contribution >= 0.6 is 0 Å². The molecular formula is C17H24F2N2O3S. The van der Waals surface area contributed by atoms with E-state index in [1.165, 1.54) is 4.31 Å². The summed E-state index contributed by atoms with van der Waals surface area (Å²) in [6.45, 7) is 5.12. The number of hydrogen-bond donors (Lipinski definition) is 0. The van der Waals surface area contributed by atoms with Crippen LogP contribution in [0.25, 0.3) is 0 Å². The van der Waals surface area contributed by atoms with E-state index in [2.05, 4.69) is 0 Å². The molecule has 1 saturated heterocycles. The van der Waals surface area contributed by atoms with Gasteiger partial charge in [0, 0.05) is 32.1 Å². The van der Waals surface area contributed by atoms with Crippen molar-refractivity contribution >= 4 is 15.9 Å². The van der Waals surface area contributed by atoms with Crippen molar-refractivity contribution in [2.45, 2.75) is 38.0 Å². The number of amides is 1. The van der Waals surface area contributed by atoms with Gasteiger partial charge in [0.1, 0.15) is 0 Å². The first kappa shape index (κ1) is 19.8. The second-order valence-electron chi connectivity index (χ2n) is 6.17. The monoisotopic (exact) mass is 374 g/mol. The minimum absolute atomic E-state index is 0.0469. The normalized spacial score (nSPS) is 16.9. The topological polar surface area (TPSA) is 57.7 Å². The van der Waals surface area contributed by atoms with Crippen LogP contribution in [0.1, 0.15) is 33.1 Å². The Kier molecular flexibility index (Phi) is 6.51. The molecule has 0 unspecified atom stereocenters. The second kappa shape index (κ2) is 8.23. The molecule has 1 aliphatic heterocycles. The SMILES string of the molecule is CCC(CC)C(=O)N1CCCN(S(=O)(=O)c2ccc(F)c(F)c2)CC1. The smallest absolute Gasteiger partial charge is 0.243 e. The Hall–Kier alpha value is -1.54. The molecular weight excluding hydrogens is 350 g/mol. The molecule has 5 nitrogen and oxygen atoms in total. The lowest BCUT2D eigenvalue weighted by Crippen LogP contribution is -2.39. The maximum atomic E-state index is 13.4. The highest BCUT2D eigenvalue weighted by Crippen LogP contribution is 2.21. The van der Waals surface area contributed by atoms with Crippen LogP contribution in [-0.4, -0.2) is 49.7 Å². The molecule has 0 atom stereocenters. The van der Waals surface area contributed by atoms with Crippen LogP contribution in [0, 0.1) is 17.6 Å². The highest BCUT2D eigenvalue weighted by Gasteiger charge is 2.30. The Balaban J connectivity index is 2.14. The molecule has 0 aromatic heterocycles. The molecule has 0 aliphatic carbocycles. The lowest BCUT2D eigenvalue weighted by Gasteiger charge is -2.25. The molecule has 1 amide bonds. The van der Waals surface area contributed by atoms with E-state index < -0.39 is 21.7 Å². The fourth-order valence-corrected chi connectivity index (χ4v) is 4.52. The van der Waals surface area contributed by atoms with Gasteiger partial charge in [-0.15, -0.1) is 0 Å². The predicted molar refractivity (Wildman–Crippen MR) is 90.4 cm³/mol. The summed E-state index contributed by atoms with van der Waals surface area (Å²) >= 11 is 0. The molecule has 8 heteroatoms. The zero-order chi connectivity index (χ0) is 18.6. The summed E-state index contributed by atoms with van der Waals surface area (Å²) in [5.74, 6) is -2.27. The molecule has 2 rings (SSSR count). The van der Waals surface area contributed by atoms with E-state index in [9.17, 15) is 22.0 Å². The summed E-state index contributed by atoms with van der Waals surface area (Å²) in [5.41, 5.74) is 0. The van der Waals surface area contributed by atoms with Gasteiger partial charge in [0.25, 0.3) is 0 Å². The van der Waals surface area contributed by atoms with Crippen LogP contribution in [0.3, 0.4) is 0 Å². The highest BCUT2D eigenvalue weighted by molar-refractivity contribution is 7.89. The summed E-state index contributed by atoms with van der Waals surface area (Å²) in [5, 5.41) is 0. The molecule has 1 aliphatic rings. The Labute approximate surface area is 147 Å². The summed E-state index contributed by atoms with van der Waals surface area (Å²) in [7, 11) is -3.92. The lowest BCUT2D eigenvalue weighted by molar-refractivity contribution is -0.135. The van der Waals surface area contributed by atoms with E-state index in [0.717, 1.165) is 25.0 Å². The van der Waals surface area contributed by atoms with Crippen LogP contribution in [-0.2, 0) is 14.8 Å². The standard InChI is InChI=1S/C17H24F2N2O3S/c1-3-13(4-2)17(22)20-8-5-9-21(11-10-20)25(23,24)14-6-7-15(18)16(19)12-14/h6-7,12-13H,3-5,8-11H2,1-2H3. The van der Waals surface area contributed by atoms with E-state index in [1.807, 2.05) is 13.8 Å². The quantitative estimate of drug-likeness (QED) is 0.796. The van der Waals surface area contributed by atoms with Crippen LogP contribution in [0.5, 0.6) is 0 Å². The summed E-state index contributed by atoms with van der Waals surface area (Å²) in [6, 6.07) is 2.57. The van der Waals surface area contributed by atoms with Crippen LogP contribution in [0.15, 0.2) is 23.1 Å². The zero-order valence-corrected chi connectivity index (χ0v) is 15.4. The molecule has 140 valence electrons. The van der Waals surface area contributed by atoms with E-state index in [0.29, 0.717) is 25.6 Å². The van der Waals surface area contributed by atoms with Crippen molar-refractivity contribution in [3.63, 3.8) is 0 Å². The van der Waals surface area contributed by atoms with Gasteiger partial charge in [-0.1, -0.05) is 13.8 Å². The van der Waals surface area contributed by atoms with E-state index >= 15 is 0 Å². The number of halogens is 2. The third-order valence-electron chi connectivity index (χ3n) is 4.63. The largest absolute Gasteiger partial charge is 0.341 e. The molecule has 1 aromatic carbocycles. The minimum atomic E-state index is -3.92. The Morgan fingerprint density at radius 1 is 1.08 bits per heavy atom. The van der Waals surface area contributed by atoms with E-state index in [1.54, 1.807) is 4.90 Å². The van der Waals surface area contributed by atoms with Gasteiger partial charge in [-0.05, 0) is 37.5 Å². The first-order chi connectivity index (χ1) is 11.8. The van der Waals surface area contributed by atoms with Gasteiger partial charge in [-0.25, -0.2) is 17.2 Å². The van der Waals surface area contributed by atoms with Crippen molar-refractivity contribution in [1.29, 1.82) is 0 Å². The second-order valence-corrected chi connectivity index (χ2v) is 8.11. The number of benzene rings is 1. The maximum absolute atomic E-state index is 13.4. The van der Waals surface area contributed by atoms with E-state index in [4.69, 9.17) is 0 Å². The maximum Gasteiger partial charge on any atom is 0.243 e. The molecule has 1 aromatic rings. The van der Waals surface area contributed by atoms with Crippen molar-refractivity contribution in [3.05, 3.63) is 29.8 Å². The minimum Gasteiger partial charge on any atom is -0.341 e. The molecule has 0 radical (unpaired) electrons. The first-order valence-corrected chi connectivity index (χ1v) is 9.99. The molecule has 0 spiro atoms. The molecule has 1 heterocycles. The Morgan fingerprint density at radius 3 is 2.36 bits per heavy atom. The van der Waals surface area contributed by atoms with Crippen molar-refractivity contribution in [2.75, 3.05) is 26.2 Å². The van der Waals surface area contributed by atoms with E-state index in [-0.39, 0.29) is 29.8 Å². The fraction of sp³-hybridized carbons (Fsp3) is 0.588. The lowest BCUT2D eigenvalue weighted by atomic mass is 10.0. The molecule has 0 saturated carbocycles. The number of carbonyl (C=O) groups is 1. The average Bonchev–Trinajstić information content (AvgIpc) is 2.84. The predicted octanol–water partition coefficient (Wildman–Crippen LogP) is 2.62. The third kappa shape index (κ3) is 4.36. The third-order valence-corrected chi connectivity index (χ3v) is 6.52. The molecule has 0 N–H and O–H groups in total. The number of rotatable bonds is 5. The van der Waals surface area contributed by atoms with Gasteiger partial charge in [0.15, 0.2) is 11.6 Å². The summed E-state index contributed by atoms with van der Waals surface area (Å²) < 4.78 is 53.0. The number of hydrogen-bond acceptors (Lipinski definition) is 3. The number of carbonyl (C=O) groups excluding carboxylic acids is 1. The van der Waals surface area contributed by atoms with Gasteiger partial charge in [-0.2, -0.15) is 4.31 Å². The first-order valence-electron chi connectivity index (χ1n) is 8.55. The molecule has 1 fully saturated rings. The van der Waals surface area contributed by atoms with Crippen LogP contribution < -0.4 is 0 Å². The van der Waals surface area contributed by atoms with Crippen LogP contribution in [0.4, 0.5) is 8.78 Å². The van der Waals surface area contributed by atoms with Gasteiger partial charge in [0.2, 0.25) is 15.9 Å². The van der Waals surface area contributed by atoms with Gasteiger partial charge in [0.05, 0.1) is 4.90 Å². The van der Waals surface area contributed by atoms with Crippen molar-refractivity contribution in [1.82, 2.24) is 9.21 Å². The Bertz CT molecular complexity index is 721. The van der Waals surface area contributed by atoms with Gasteiger partial charge >= 0.3 is 0 Å². The van der Waals surface area contributed by atoms with Gasteiger partial charge in [-0.3, -0.25) is 4.79 Å². The molecule has 0 bridgehead atoms. The summed E-state index contributed by atoms with van der Waals surface area (Å²) in [6.07, 6.45) is 2.01. The average molecular weight is 374 g/mol. The van der Waals surface area contributed by atoms with Gasteiger partial charge < -0.3 is 4.90 Å². The Morgan fingerprint density at radius 2 is 1.76 bits per heavy atom. The highest BCUT2D eigenvalue weighted by atomic mass is 32.2. The zero-order valence-electron chi connectivity index (χ0n) is 14.5. The van der Waals surface area contributed by atoms with Crippen molar-refractivity contribution in [3.8, 4) is 0 Å². The number of sulfonamides is 1. The summed E-state index contributed by atoms with van der Waals surface area (Å²) in [4.78, 5) is 13.9. The van der Waals surface area contributed by atoms with Crippen molar-refractivity contribution < 1.29 is 22.0 Å². The number of nitrogens with zero attached hydrogens (tertiary/aromatic N) is 2. The fourth-order valence-electron chi connectivity index (χ4n) is 3.04. The molecule has 25 heavy (non-hydrogen) atoms.